The quantitative estimate of drug-likeness (QED) is 0.754. The summed E-state index contributed by atoms with van der Waals surface area (Å²) in [6, 6.07) is 0. The van der Waals surface area contributed by atoms with Gasteiger partial charge in [0.15, 0.2) is 5.67 Å². The Morgan fingerprint density at radius 1 is 0.920 bits per heavy atom. The van der Waals surface area contributed by atoms with Gasteiger partial charge in [0.1, 0.15) is 0 Å². The van der Waals surface area contributed by atoms with Gasteiger partial charge in [-0.2, -0.15) is 0 Å². The van der Waals surface area contributed by atoms with Crippen LogP contribution in [0.25, 0.3) is 0 Å². The lowest BCUT2D eigenvalue weighted by Gasteiger charge is -2.43. The van der Waals surface area contributed by atoms with E-state index in [2.05, 4.69) is 0 Å². The lowest BCUT2D eigenvalue weighted by Crippen LogP contribution is -2.60. The summed E-state index contributed by atoms with van der Waals surface area (Å²) in [5.41, 5.74) is -1.68. The SMILES string of the molecule is O=C(C1CCCC1)N1CCOC2(C1)CN(C(=O)C1(F)CC1)CCCO2. The van der Waals surface area contributed by atoms with Crippen molar-refractivity contribution in [2.75, 3.05) is 39.4 Å². The molecular weight excluding hydrogens is 327 g/mol. The van der Waals surface area contributed by atoms with Crippen LogP contribution in [-0.4, -0.2) is 72.5 Å². The number of ether oxygens (including phenoxy) is 2. The van der Waals surface area contributed by atoms with E-state index in [0.717, 1.165) is 25.7 Å². The fourth-order valence-corrected chi connectivity index (χ4v) is 4.27. The van der Waals surface area contributed by atoms with Gasteiger partial charge in [0.05, 0.1) is 26.3 Å². The van der Waals surface area contributed by atoms with Gasteiger partial charge in [-0.1, -0.05) is 12.8 Å². The maximum Gasteiger partial charge on any atom is 0.260 e. The van der Waals surface area contributed by atoms with Crippen molar-refractivity contribution in [2.45, 2.75) is 56.4 Å². The standard InChI is InChI=1S/C18H27FN2O4/c19-17(6-7-17)16(23)21-8-3-10-24-18(13-21)12-20(9-11-25-18)15(22)14-4-1-2-5-14/h14H,1-13H2. The topological polar surface area (TPSA) is 59.1 Å². The predicted octanol–water partition coefficient (Wildman–Crippen LogP) is 1.48. The zero-order chi connectivity index (χ0) is 17.5. The average Bonchev–Trinajstić information content (AvgIpc) is 3.19. The van der Waals surface area contributed by atoms with Crippen molar-refractivity contribution in [1.29, 1.82) is 0 Å². The van der Waals surface area contributed by atoms with Crippen LogP contribution in [0.4, 0.5) is 4.39 Å². The molecule has 1 spiro atoms. The summed E-state index contributed by atoms with van der Waals surface area (Å²) < 4.78 is 26.1. The van der Waals surface area contributed by atoms with Crippen LogP contribution in [0.2, 0.25) is 0 Å². The molecule has 4 fully saturated rings. The number of hydrogen-bond acceptors (Lipinski definition) is 4. The van der Waals surface area contributed by atoms with Gasteiger partial charge in [0.25, 0.3) is 5.91 Å². The van der Waals surface area contributed by atoms with Crippen molar-refractivity contribution in [1.82, 2.24) is 9.80 Å². The number of carbonyl (C=O) groups is 2. The number of rotatable bonds is 2. The number of amides is 2. The van der Waals surface area contributed by atoms with Crippen LogP contribution in [0.15, 0.2) is 0 Å². The fourth-order valence-electron chi connectivity index (χ4n) is 4.27. The van der Waals surface area contributed by atoms with E-state index in [1.807, 2.05) is 4.90 Å². The second-order valence-corrected chi connectivity index (χ2v) is 7.89. The van der Waals surface area contributed by atoms with E-state index >= 15 is 0 Å². The third-order valence-electron chi connectivity index (χ3n) is 5.90. The Hall–Kier alpha value is -1.21. The van der Waals surface area contributed by atoms with Gasteiger partial charge < -0.3 is 19.3 Å². The molecule has 140 valence electrons. The first-order valence-electron chi connectivity index (χ1n) is 9.56. The molecule has 0 bridgehead atoms. The number of halogens is 1. The first-order chi connectivity index (χ1) is 12.0. The van der Waals surface area contributed by atoms with E-state index in [9.17, 15) is 14.0 Å². The highest BCUT2D eigenvalue weighted by Crippen LogP contribution is 2.42. The summed E-state index contributed by atoms with van der Waals surface area (Å²) in [5.74, 6) is -1.17. The second-order valence-electron chi connectivity index (χ2n) is 7.89. The molecular formula is C18H27FN2O4. The van der Waals surface area contributed by atoms with Gasteiger partial charge in [-0.25, -0.2) is 4.39 Å². The Bertz CT molecular complexity index is 547. The monoisotopic (exact) mass is 354 g/mol. The van der Waals surface area contributed by atoms with Crippen LogP contribution in [0.1, 0.15) is 44.9 Å². The summed E-state index contributed by atoms with van der Waals surface area (Å²) >= 11 is 0. The third-order valence-corrected chi connectivity index (χ3v) is 5.90. The normalized spacial score (nSPS) is 32.7. The Morgan fingerprint density at radius 2 is 1.60 bits per heavy atom. The third kappa shape index (κ3) is 3.40. The molecule has 2 amide bonds. The number of hydrogen-bond donors (Lipinski definition) is 0. The minimum atomic E-state index is -1.68. The lowest BCUT2D eigenvalue weighted by molar-refractivity contribution is -0.264. The van der Waals surface area contributed by atoms with E-state index < -0.39 is 17.4 Å². The van der Waals surface area contributed by atoms with Gasteiger partial charge in [-0.05, 0) is 32.1 Å². The first-order valence-corrected chi connectivity index (χ1v) is 9.56. The highest BCUT2D eigenvalue weighted by Gasteiger charge is 2.54. The molecule has 0 radical (unpaired) electrons. The van der Waals surface area contributed by atoms with Crippen LogP contribution in [0, 0.1) is 5.92 Å². The maximum absolute atomic E-state index is 14.2. The molecule has 2 saturated heterocycles. The van der Waals surface area contributed by atoms with Crippen molar-refractivity contribution in [3.63, 3.8) is 0 Å². The summed E-state index contributed by atoms with van der Waals surface area (Å²) in [5, 5.41) is 0. The molecule has 2 heterocycles. The molecule has 0 aromatic heterocycles. The molecule has 1 atom stereocenters. The van der Waals surface area contributed by atoms with Gasteiger partial charge >= 0.3 is 0 Å². The Kier molecular flexibility index (Phi) is 4.48. The van der Waals surface area contributed by atoms with Crippen LogP contribution in [0.5, 0.6) is 0 Å². The molecule has 2 aliphatic carbocycles. The number of morpholine rings is 1. The molecule has 1 unspecified atom stereocenters. The molecule has 0 N–H and O–H groups in total. The molecule has 0 aromatic rings. The predicted molar refractivity (Wildman–Crippen MR) is 87.4 cm³/mol. The van der Waals surface area contributed by atoms with Crippen molar-refractivity contribution >= 4 is 11.8 Å². The highest BCUT2D eigenvalue weighted by atomic mass is 19.1. The maximum atomic E-state index is 14.2. The average molecular weight is 354 g/mol. The largest absolute Gasteiger partial charge is 0.347 e. The number of alkyl halides is 1. The Balaban J connectivity index is 1.46. The molecule has 4 rings (SSSR count). The molecule has 2 saturated carbocycles. The van der Waals surface area contributed by atoms with Crippen molar-refractivity contribution in [2.24, 2.45) is 5.92 Å². The summed E-state index contributed by atoms with van der Waals surface area (Å²) in [6.07, 6.45) is 5.42. The lowest BCUT2D eigenvalue weighted by atomic mass is 10.1. The van der Waals surface area contributed by atoms with Crippen LogP contribution >= 0.6 is 0 Å². The van der Waals surface area contributed by atoms with Crippen molar-refractivity contribution in [3.05, 3.63) is 0 Å². The summed E-state index contributed by atoms with van der Waals surface area (Å²) in [6.45, 7) is 2.40. The van der Waals surface area contributed by atoms with E-state index in [1.165, 1.54) is 0 Å². The second kappa shape index (κ2) is 6.50. The first kappa shape index (κ1) is 17.2. The Morgan fingerprint density at radius 3 is 2.32 bits per heavy atom. The minimum Gasteiger partial charge on any atom is -0.347 e. The summed E-state index contributed by atoms with van der Waals surface area (Å²) in [4.78, 5) is 28.6. The fraction of sp³-hybridized carbons (Fsp3) is 0.889. The Labute approximate surface area is 147 Å². The molecule has 0 aromatic carbocycles. The van der Waals surface area contributed by atoms with E-state index in [0.29, 0.717) is 52.1 Å². The molecule has 6 nitrogen and oxygen atoms in total. The van der Waals surface area contributed by atoms with Crippen LogP contribution in [0.3, 0.4) is 0 Å². The van der Waals surface area contributed by atoms with Gasteiger partial charge in [0, 0.05) is 19.0 Å². The zero-order valence-corrected chi connectivity index (χ0v) is 14.7. The number of carbonyl (C=O) groups excluding carboxylic acids is 2. The van der Waals surface area contributed by atoms with E-state index in [1.54, 1.807) is 4.90 Å². The highest BCUT2D eigenvalue weighted by molar-refractivity contribution is 5.88. The van der Waals surface area contributed by atoms with Crippen LogP contribution < -0.4 is 0 Å². The smallest absolute Gasteiger partial charge is 0.260 e. The van der Waals surface area contributed by atoms with Crippen LogP contribution in [-0.2, 0) is 19.1 Å². The van der Waals surface area contributed by atoms with E-state index in [-0.39, 0.29) is 18.4 Å². The van der Waals surface area contributed by atoms with Crippen molar-refractivity contribution < 1.29 is 23.5 Å². The summed E-state index contributed by atoms with van der Waals surface area (Å²) in [7, 11) is 0. The van der Waals surface area contributed by atoms with Gasteiger partial charge in [-0.15, -0.1) is 0 Å². The molecule has 2 aliphatic heterocycles. The van der Waals surface area contributed by atoms with Crippen molar-refractivity contribution in [3.8, 4) is 0 Å². The molecule has 7 heteroatoms. The molecule has 25 heavy (non-hydrogen) atoms. The minimum absolute atomic E-state index is 0.110. The van der Waals surface area contributed by atoms with Gasteiger partial charge in [0.2, 0.25) is 11.7 Å². The number of nitrogens with zero attached hydrogens (tertiary/aromatic N) is 2. The van der Waals surface area contributed by atoms with Gasteiger partial charge in [-0.3, -0.25) is 9.59 Å². The molecule has 4 aliphatic rings. The zero-order valence-electron chi connectivity index (χ0n) is 14.7. The van der Waals surface area contributed by atoms with E-state index in [4.69, 9.17) is 9.47 Å².